The predicted octanol–water partition coefficient (Wildman–Crippen LogP) is 0.0974. The molecule has 1 aliphatic rings. The van der Waals surface area contributed by atoms with Gasteiger partial charge in [-0.15, -0.1) is 0 Å². The number of hydrogen-bond acceptors (Lipinski definition) is 3. The van der Waals surface area contributed by atoms with E-state index in [9.17, 15) is 0 Å². The van der Waals surface area contributed by atoms with Crippen LogP contribution in [0.1, 0.15) is 0 Å². The lowest BCUT2D eigenvalue weighted by Crippen LogP contribution is -2.56. The normalized spacial score (nSPS) is 21.3. The highest BCUT2D eigenvalue weighted by Crippen LogP contribution is 2.09. The summed E-state index contributed by atoms with van der Waals surface area (Å²) >= 11 is 0. The van der Waals surface area contributed by atoms with Gasteiger partial charge in [-0.25, -0.2) is 0 Å². The average Bonchev–Trinajstić information content (AvgIpc) is 2.20. The minimum Gasteiger partial charge on any atom is -0.412 e. The maximum Gasteiger partial charge on any atom is 0.413 e. The highest BCUT2D eigenvalue weighted by molar-refractivity contribution is 6.86. The van der Waals surface area contributed by atoms with Crippen LogP contribution in [-0.4, -0.2) is 28.6 Å². The fourth-order valence-corrected chi connectivity index (χ4v) is 5.87. The largest absolute Gasteiger partial charge is 0.413 e. The molecular formula is C7H8O3Si3. The van der Waals surface area contributed by atoms with E-state index in [1.807, 2.05) is 36.9 Å². The summed E-state index contributed by atoms with van der Waals surface area (Å²) in [6, 6.07) is 10.1. The van der Waals surface area contributed by atoms with Crippen LogP contribution in [0.25, 0.3) is 0 Å². The Bertz CT molecular complexity index is 274. The zero-order valence-corrected chi connectivity index (χ0v) is 10.1. The van der Waals surface area contributed by atoms with Gasteiger partial charge in [0.1, 0.15) is 0 Å². The molecule has 1 aromatic rings. The van der Waals surface area contributed by atoms with Crippen molar-refractivity contribution in [3.05, 3.63) is 30.3 Å². The molecule has 1 aliphatic heterocycles. The monoisotopic (exact) mass is 224 g/mol. The summed E-state index contributed by atoms with van der Waals surface area (Å²) in [6.07, 6.45) is 0. The van der Waals surface area contributed by atoms with E-state index < -0.39 is 8.56 Å². The molecular weight excluding hydrogens is 216 g/mol. The summed E-state index contributed by atoms with van der Waals surface area (Å²) in [7, 11) is -1.86. The van der Waals surface area contributed by atoms with Crippen LogP contribution in [0.2, 0.25) is 6.55 Å². The van der Waals surface area contributed by atoms with Gasteiger partial charge in [-0.05, 0) is 11.7 Å². The molecule has 1 heterocycles. The summed E-state index contributed by atoms with van der Waals surface area (Å²) in [5.41, 5.74) is 0. The molecule has 1 saturated heterocycles. The molecule has 0 aromatic heterocycles. The Labute approximate surface area is 83.4 Å². The van der Waals surface area contributed by atoms with Gasteiger partial charge in [0, 0.05) is 0 Å². The Morgan fingerprint density at radius 2 is 1.69 bits per heavy atom. The van der Waals surface area contributed by atoms with Crippen molar-refractivity contribution < 1.29 is 12.3 Å². The van der Waals surface area contributed by atoms with Gasteiger partial charge in [0.2, 0.25) is 0 Å². The Kier molecular flexibility index (Phi) is 2.77. The molecule has 0 unspecified atom stereocenters. The Balaban J connectivity index is 2.23. The molecule has 66 valence electrons. The van der Waals surface area contributed by atoms with Crippen LogP contribution in [0.15, 0.2) is 30.3 Å². The summed E-state index contributed by atoms with van der Waals surface area (Å²) in [6.45, 7) is 2.05. The Morgan fingerprint density at radius 3 is 2.31 bits per heavy atom. The van der Waals surface area contributed by atoms with Gasteiger partial charge in [0.05, 0.1) is 0 Å². The van der Waals surface area contributed by atoms with E-state index in [1.165, 1.54) is 5.19 Å². The SMILES string of the molecule is C[Si]1(c2ccccc2)O[Si]O[Si]O1. The van der Waals surface area contributed by atoms with Crippen molar-refractivity contribution >= 4 is 33.8 Å². The van der Waals surface area contributed by atoms with Crippen molar-refractivity contribution in [1.29, 1.82) is 0 Å². The summed E-state index contributed by atoms with van der Waals surface area (Å²) in [5.74, 6) is 0. The molecule has 1 aromatic carbocycles. The molecule has 0 N–H and O–H groups in total. The minimum absolute atomic E-state index is 0.128. The quantitative estimate of drug-likeness (QED) is 0.633. The van der Waals surface area contributed by atoms with Gasteiger partial charge in [-0.2, -0.15) is 0 Å². The first-order valence-electron chi connectivity index (χ1n) is 3.89. The molecule has 0 aliphatic carbocycles. The standard InChI is InChI=1S/C7H8O3Si3/c1-13(9-11-8-12-10-13)7-5-3-2-4-6-7/h2-6H,1H3. The number of hydrogen-bond donors (Lipinski definition) is 0. The molecule has 0 amide bonds. The van der Waals surface area contributed by atoms with Crippen LogP contribution in [-0.2, 0) is 12.3 Å². The van der Waals surface area contributed by atoms with Crippen molar-refractivity contribution in [2.75, 3.05) is 0 Å². The Hall–Kier alpha value is -0.249. The molecule has 1 fully saturated rings. The lowest BCUT2D eigenvalue weighted by atomic mass is 10.4. The smallest absolute Gasteiger partial charge is 0.412 e. The molecule has 0 spiro atoms. The Morgan fingerprint density at radius 1 is 1.08 bits per heavy atom. The maximum absolute atomic E-state index is 5.58. The van der Waals surface area contributed by atoms with E-state index in [0.717, 1.165) is 0 Å². The second-order valence-corrected chi connectivity index (χ2v) is 8.04. The van der Waals surface area contributed by atoms with Crippen molar-refractivity contribution in [3.63, 3.8) is 0 Å². The third kappa shape index (κ3) is 1.98. The van der Waals surface area contributed by atoms with Gasteiger partial charge in [-0.1, -0.05) is 30.3 Å². The third-order valence-electron chi connectivity index (χ3n) is 1.85. The van der Waals surface area contributed by atoms with Crippen molar-refractivity contribution in [2.24, 2.45) is 0 Å². The lowest BCUT2D eigenvalue weighted by molar-refractivity contribution is 0.313. The number of rotatable bonds is 1. The molecule has 13 heavy (non-hydrogen) atoms. The topological polar surface area (TPSA) is 27.7 Å². The highest BCUT2D eigenvalue weighted by atomic mass is 28.5. The molecule has 0 atom stereocenters. The van der Waals surface area contributed by atoms with E-state index in [-0.39, 0.29) is 20.0 Å². The molecule has 6 heteroatoms. The van der Waals surface area contributed by atoms with Crippen molar-refractivity contribution in [3.8, 4) is 0 Å². The van der Waals surface area contributed by atoms with Gasteiger partial charge >= 0.3 is 28.6 Å². The second kappa shape index (κ2) is 3.86. The first-order chi connectivity index (χ1) is 6.31. The van der Waals surface area contributed by atoms with E-state index in [2.05, 4.69) is 0 Å². The van der Waals surface area contributed by atoms with Gasteiger partial charge < -0.3 is 12.3 Å². The van der Waals surface area contributed by atoms with Crippen LogP contribution in [0.4, 0.5) is 0 Å². The summed E-state index contributed by atoms with van der Waals surface area (Å²) < 4.78 is 16.2. The van der Waals surface area contributed by atoms with E-state index in [4.69, 9.17) is 12.3 Å². The van der Waals surface area contributed by atoms with Gasteiger partial charge in [0.25, 0.3) is 0 Å². The zero-order chi connectivity index (χ0) is 9.15. The lowest BCUT2D eigenvalue weighted by Gasteiger charge is -2.29. The average molecular weight is 224 g/mol. The van der Waals surface area contributed by atoms with Crippen LogP contribution in [0, 0.1) is 0 Å². The molecule has 0 bridgehead atoms. The van der Waals surface area contributed by atoms with E-state index in [1.54, 1.807) is 0 Å². The predicted molar refractivity (Wildman–Crippen MR) is 52.5 cm³/mol. The van der Waals surface area contributed by atoms with Crippen LogP contribution in [0.3, 0.4) is 0 Å². The maximum atomic E-state index is 5.58. The molecule has 4 radical (unpaired) electrons. The molecule has 0 saturated carbocycles. The zero-order valence-electron chi connectivity index (χ0n) is 7.11. The van der Waals surface area contributed by atoms with E-state index >= 15 is 0 Å². The fraction of sp³-hybridized carbons (Fsp3) is 0.143. The van der Waals surface area contributed by atoms with E-state index in [0.29, 0.717) is 0 Å². The summed E-state index contributed by atoms with van der Waals surface area (Å²) in [4.78, 5) is 0. The highest BCUT2D eigenvalue weighted by Gasteiger charge is 2.37. The number of benzene rings is 1. The fourth-order valence-electron chi connectivity index (χ4n) is 1.10. The second-order valence-electron chi connectivity index (χ2n) is 2.78. The minimum atomic E-state index is -2.11. The third-order valence-corrected chi connectivity index (χ3v) is 7.69. The first-order valence-corrected chi connectivity index (χ1v) is 7.83. The first kappa shape index (κ1) is 9.31. The van der Waals surface area contributed by atoms with Crippen molar-refractivity contribution in [2.45, 2.75) is 6.55 Å². The van der Waals surface area contributed by atoms with Crippen LogP contribution in [0.5, 0.6) is 0 Å². The molecule has 3 nitrogen and oxygen atoms in total. The van der Waals surface area contributed by atoms with Gasteiger partial charge in [0.15, 0.2) is 0 Å². The van der Waals surface area contributed by atoms with Crippen LogP contribution < -0.4 is 5.19 Å². The van der Waals surface area contributed by atoms with Crippen LogP contribution >= 0.6 is 0 Å². The summed E-state index contributed by atoms with van der Waals surface area (Å²) in [5, 5.41) is 1.17. The van der Waals surface area contributed by atoms with Gasteiger partial charge in [-0.3, -0.25) is 0 Å². The molecule has 2 rings (SSSR count). The van der Waals surface area contributed by atoms with Crippen molar-refractivity contribution in [1.82, 2.24) is 0 Å².